The van der Waals surface area contributed by atoms with Gasteiger partial charge in [0.05, 0.1) is 32.0 Å². The lowest BCUT2D eigenvalue weighted by molar-refractivity contribution is -0.115. The number of hydrogen-bond acceptors (Lipinski definition) is 5. The summed E-state index contributed by atoms with van der Waals surface area (Å²) in [6, 6.07) is 10.7. The molecule has 7 heteroatoms. The van der Waals surface area contributed by atoms with Crippen molar-refractivity contribution in [2.24, 2.45) is 0 Å². The summed E-state index contributed by atoms with van der Waals surface area (Å²) in [5.41, 5.74) is 1.36. The number of hydrogen-bond donors (Lipinski definition) is 2. The molecule has 0 aliphatic rings. The summed E-state index contributed by atoms with van der Waals surface area (Å²) in [4.78, 5) is 12.0. The van der Waals surface area contributed by atoms with Crippen LogP contribution in [0.4, 0.5) is 11.4 Å². The summed E-state index contributed by atoms with van der Waals surface area (Å²) in [6.45, 7) is 0.439. The van der Waals surface area contributed by atoms with Crippen molar-refractivity contribution < 1.29 is 19.0 Å². The molecule has 134 valence electrons. The maximum atomic E-state index is 12.0. The molecule has 25 heavy (non-hydrogen) atoms. The van der Waals surface area contributed by atoms with E-state index in [1.807, 2.05) is 12.1 Å². The van der Waals surface area contributed by atoms with Crippen LogP contribution in [0.1, 0.15) is 6.42 Å². The second-order valence-corrected chi connectivity index (χ2v) is 5.53. The maximum absolute atomic E-state index is 12.0. The number of nitrogens with one attached hydrogen (secondary N) is 2. The van der Waals surface area contributed by atoms with Crippen LogP contribution in [-0.2, 0) is 4.79 Å². The first-order chi connectivity index (χ1) is 12.1. The highest BCUT2D eigenvalue weighted by Gasteiger charge is 2.13. The number of benzene rings is 2. The molecule has 0 spiro atoms. The number of halogens is 1. The molecule has 0 aliphatic heterocycles. The highest BCUT2D eigenvalue weighted by Crippen LogP contribution is 2.39. The van der Waals surface area contributed by atoms with Crippen LogP contribution in [0.15, 0.2) is 36.4 Å². The highest BCUT2D eigenvalue weighted by molar-refractivity contribution is 6.33. The summed E-state index contributed by atoms with van der Waals surface area (Å²) in [6.07, 6.45) is 0.280. The molecule has 0 aliphatic carbocycles. The van der Waals surface area contributed by atoms with E-state index in [2.05, 4.69) is 10.6 Å². The molecule has 1 amide bonds. The first kappa shape index (κ1) is 18.7. The van der Waals surface area contributed by atoms with E-state index < -0.39 is 0 Å². The zero-order valence-electron chi connectivity index (χ0n) is 14.4. The van der Waals surface area contributed by atoms with Crippen molar-refractivity contribution in [3.63, 3.8) is 0 Å². The van der Waals surface area contributed by atoms with Crippen molar-refractivity contribution in [1.29, 1.82) is 0 Å². The first-order valence-corrected chi connectivity index (χ1v) is 8.05. The summed E-state index contributed by atoms with van der Waals surface area (Å²) >= 11 is 6.02. The van der Waals surface area contributed by atoms with Gasteiger partial charge in [-0.05, 0) is 12.1 Å². The fourth-order valence-electron chi connectivity index (χ4n) is 2.28. The Hall–Kier alpha value is -2.60. The van der Waals surface area contributed by atoms with Crippen molar-refractivity contribution in [3.8, 4) is 17.2 Å². The Kier molecular flexibility index (Phi) is 6.77. The van der Waals surface area contributed by atoms with Gasteiger partial charge in [-0.3, -0.25) is 4.79 Å². The van der Waals surface area contributed by atoms with E-state index in [1.54, 1.807) is 45.6 Å². The fraction of sp³-hybridized carbons (Fsp3) is 0.278. The van der Waals surface area contributed by atoms with Gasteiger partial charge in [0, 0.05) is 30.8 Å². The zero-order valence-corrected chi connectivity index (χ0v) is 15.1. The average Bonchev–Trinajstić information content (AvgIpc) is 2.62. The zero-order chi connectivity index (χ0) is 18.2. The Labute approximate surface area is 152 Å². The molecule has 2 aromatic rings. The smallest absolute Gasteiger partial charge is 0.226 e. The second kappa shape index (κ2) is 9.03. The molecule has 0 saturated carbocycles. The molecule has 2 rings (SSSR count). The van der Waals surface area contributed by atoms with Crippen LogP contribution >= 0.6 is 11.6 Å². The van der Waals surface area contributed by atoms with Crippen molar-refractivity contribution in [2.45, 2.75) is 6.42 Å². The Balaban J connectivity index is 1.95. The van der Waals surface area contributed by atoms with Gasteiger partial charge in [0.15, 0.2) is 11.5 Å². The Bertz CT molecular complexity index is 712. The number of ether oxygens (including phenoxy) is 3. The Morgan fingerprint density at radius 1 is 1.04 bits per heavy atom. The second-order valence-electron chi connectivity index (χ2n) is 5.12. The highest BCUT2D eigenvalue weighted by atomic mass is 35.5. The van der Waals surface area contributed by atoms with Gasteiger partial charge in [0.25, 0.3) is 0 Å². The van der Waals surface area contributed by atoms with Crippen LogP contribution < -0.4 is 24.8 Å². The van der Waals surface area contributed by atoms with Gasteiger partial charge in [-0.25, -0.2) is 0 Å². The number of carbonyl (C=O) groups is 1. The predicted octanol–water partition coefficient (Wildman–Crippen LogP) is 3.81. The van der Waals surface area contributed by atoms with E-state index >= 15 is 0 Å². The molecule has 6 nitrogen and oxygen atoms in total. The molecule has 0 fully saturated rings. The van der Waals surface area contributed by atoms with Crippen molar-refractivity contribution in [3.05, 3.63) is 41.4 Å². The van der Waals surface area contributed by atoms with Crippen LogP contribution in [0.3, 0.4) is 0 Å². The van der Waals surface area contributed by atoms with Gasteiger partial charge in [-0.1, -0.05) is 23.7 Å². The number of carbonyl (C=O) groups excluding carboxylic acids is 1. The normalized spacial score (nSPS) is 10.1. The fourth-order valence-corrected chi connectivity index (χ4v) is 2.46. The monoisotopic (exact) mass is 364 g/mol. The van der Waals surface area contributed by atoms with Crippen molar-refractivity contribution in [2.75, 3.05) is 38.5 Å². The van der Waals surface area contributed by atoms with Gasteiger partial charge in [0.1, 0.15) is 0 Å². The van der Waals surface area contributed by atoms with Gasteiger partial charge in [0.2, 0.25) is 11.7 Å². The van der Waals surface area contributed by atoms with Crippen LogP contribution in [0.5, 0.6) is 17.2 Å². The molecule has 2 N–H and O–H groups in total. The third-order valence-electron chi connectivity index (χ3n) is 3.49. The van der Waals surface area contributed by atoms with Gasteiger partial charge in [-0.15, -0.1) is 0 Å². The third kappa shape index (κ3) is 4.93. The molecule has 2 aromatic carbocycles. The summed E-state index contributed by atoms with van der Waals surface area (Å²) in [5, 5.41) is 6.45. The molecule has 0 radical (unpaired) electrons. The molecule has 0 heterocycles. The lowest BCUT2D eigenvalue weighted by Gasteiger charge is -2.15. The summed E-state index contributed by atoms with van der Waals surface area (Å²) in [5.74, 6) is 1.48. The lowest BCUT2D eigenvalue weighted by Crippen LogP contribution is -2.16. The van der Waals surface area contributed by atoms with Crippen LogP contribution in [0.25, 0.3) is 0 Å². The molecule has 0 saturated heterocycles. The van der Waals surface area contributed by atoms with Crippen molar-refractivity contribution in [1.82, 2.24) is 0 Å². The minimum atomic E-state index is -0.131. The van der Waals surface area contributed by atoms with Gasteiger partial charge < -0.3 is 24.8 Å². The third-order valence-corrected chi connectivity index (χ3v) is 3.82. The van der Waals surface area contributed by atoms with Crippen LogP contribution in [0.2, 0.25) is 5.02 Å². The standard InChI is InChI=1S/C18H21ClN2O4/c1-23-15-10-12(11-16(24-2)18(15)25-3)20-9-8-17(22)21-14-7-5-4-6-13(14)19/h4-7,10-11,20H,8-9H2,1-3H3,(H,21,22). The van der Waals surface area contributed by atoms with Gasteiger partial charge in [-0.2, -0.15) is 0 Å². The number of methoxy groups -OCH3 is 3. The summed E-state index contributed by atoms with van der Waals surface area (Å²) in [7, 11) is 4.66. The first-order valence-electron chi connectivity index (χ1n) is 7.67. The minimum absolute atomic E-state index is 0.131. The molecular formula is C18H21ClN2O4. The van der Waals surface area contributed by atoms with E-state index in [1.165, 1.54) is 0 Å². The average molecular weight is 365 g/mol. The van der Waals surface area contributed by atoms with Crippen LogP contribution in [0, 0.1) is 0 Å². The SMILES string of the molecule is COc1cc(NCCC(=O)Nc2ccccc2Cl)cc(OC)c1OC. The lowest BCUT2D eigenvalue weighted by atomic mass is 10.2. The van der Waals surface area contributed by atoms with E-state index in [4.69, 9.17) is 25.8 Å². The largest absolute Gasteiger partial charge is 0.493 e. The minimum Gasteiger partial charge on any atom is -0.493 e. The molecule has 0 aromatic heterocycles. The predicted molar refractivity (Wildman–Crippen MR) is 99.3 cm³/mol. The number of anilines is 2. The topological polar surface area (TPSA) is 68.8 Å². The molecule has 0 bridgehead atoms. The van der Waals surface area contributed by atoms with E-state index in [-0.39, 0.29) is 12.3 Å². The van der Waals surface area contributed by atoms with Crippen LogP contribution in [-0.4, -0.2) is 33.8 Å². The van der Waals surface area contributed by atoms with Gasteiger partial charge >= 0.3 is 0 Å². The molecule has 0 unspecified atom stereocenters. The van der Waals surface area contributed by atoms with E-state index in [9.17, 15) is 4.79 Å². The Morgan fingerprint density at radius 2 is 1.68 bits per heavy atom. The maximum Gasteiger partial charge on any atom is 0.226 e. The summed E-state index contributed by atoms with van der Waals surface area (Å²) < 4.78 is 15.9. The quantitative estimate of drug-likeness (QED) is 0.745. The number of rotatable bonds is 8. The number of para-hydroxylation sites is 1. The number of amides is 1. The molecule has 0 atom stereocenters. The van der Waals surface area contributed by atoms with E-state index in [0.717, 1.165) is 5.69 Å². The Morgan fingerprint density at radius 3 is 2.24 bits per heavy atom. The molecular weight excluding hydrogens is 344 g/mol. The van der Waals surface area contributed by atoms with E-state index in [0.29, 0.717) is 34.5 Å². The van der Waals surface area contributed by atoms with Crippen molar-refractivity contribution >= 4 is 28.9 Å².